The maximum absolute atomic E-state index is 10.2. The van der Waals surface area contributed by atoms with Gasteiger partial charge in [0.25, 0.3) is 0 Å². The quantitative estimate of drug-likeness (QED) is 0.823. The summed E-state index contributed by atoms with van der Waals surface area (Å²) in [5.74, 6) is 0.410. The van der Waals surface area contributed by atoms with Gasteiger partial charge >= 0.3 is 0 Å². The van der Waals surface area contributed by atoms with Crippen molar-refractivity contribution in [2.45, 2.75) is 77.4 Å². The van der Waals surface area contributed by atoms with Crippen LogP contribution in [0.4, 0.5) is 0 Å². The summed E-state index contributed by atoms with van der Waals surface area (Å²) in [6.07, 6.45) is 11.0. The van der Waals surface area contributed by atoms with E-state index in [4.69, 9.17) is 5.10 Å². The van der Waals surface area contributed by atoms with E-state index in [0.29, 0.717) is 12.0 Å². The van der Waals surface area contributed by atoms with E-state index in [1.54, 1.807) is 0 Å². The van der Waals surface area contributed by atoms with Crippen LogP contribution < -0.4 is 0 Å². The molecule has 0 bridgehead atoms. The standard InChI is InChI=1S/C16H28N2O/c1-3-15(4-2)18-11-10-14(17-18)12-13-8-6-5-7-9-16(13)19/h10-11,13,15-16,19H,3-9,12H2,1-2H3. The molecule has 0 aromatic carbocycles. The van der Waals surface area contributed by atoms with E-state index in [2.05, 4.69) is 30.8 Å². The van der Waals surface area contributed by atoms with Crippen molar-refractivity contribution in [3.8, 4) is 0 Å². The molecule has 0 radical (unpaired) electrons. The fourth-order valence-corrected chi connectivity index (χ4v) is 3.22. The smallest absolute Gasteiger partial charge is 0.0628 e. The van der Waals surface area contributed by atoms with Crippen molar-refractivity contribution in [3.05, 3.63) is 18.0 Å². The first kappa shape index (κ1) is 14.6. The van der Waals surface area contributed by atoms with Gasteiger partial charge in [-0.25, -0.2) is 0 Å². The molecule has 2 atom stereocenters. The Bertz CT molecular complexity index is 371. The van der Waals surface area contributed by atoms with Crippen LogP contribution in [0.5, 0.6) is 0 Å². The van der Waals surface area contributed by atoms with Crippen LogP contribution in [0, 0.1) is 5.92 Å². The summed E-state index contributed by atoms with van der Waals surface area (Å²) in [7, 11) is 0. The molecule has 0 aliphatic heterocycles. The average molecular weight is 264 g/mol. The average Bonchev–Trinajstić information content (AvgIpc) is 2.77. The first-order valence-corrected chi connectivity index (χ1v) is 7.96. The van der Waals surface area contributed by atoms with Crippen LogP contribution in [-0.2, 0) is 6.42 Å². The molecule has 0 amide bonds. The summed E-state index contributed by atoms with van der Waals surface area (Å²) in [6, 6.07) is 2.66. The highest BCUT2D eigenvalue weighted by Crippen LogP contribution is 2.26. The van der Waals surface area contributed by atoms with Gasteiger partial charge in [-0.15, -0.1) is 0 Å². The van der Waals surface area contributed by atoms with E-state index in [0.717, 1.165) is 37.8 Å². The lowest BCUT2D eigenvalue weighted by atomic mass is 9.92. The van der Waals surface area contributed by atoms with Gasteiger partial charge < -0.3 is 5.11 Å². The second kappa shape index (κ2) is 7.09. The summed E-state index contributed by atoms with van der Waals surface area (Å²) in [5.41, 5.74) is 1.15. The molecule has 108 valence electrons. The van der Waals surface area contributed by atoms with Crippen LogP contribution in [0.1, 0.15) is 70.5 Å². The van der Waals surface area contributed by atoms with Gasteiger partial charge in [0.15, 0.2) is 0 Å². The molecular formula is C16H28N2O. The van der Waals surface area contributed by atoms with E-state index in [1.165, 1.54) is 19.3 Å². The number of rotatable bonds is 5. The Morgan fingerprint density at radius 3 is 2.74 bits per heavy atom. The fourth-order valence-electron chi connectivity index (χ4n) is 3.22. The Balaban J connectivity index is 1.98. The van der Waals surface area contributed by atoms with Crippen LogP contribution >= 0.6 is 0 Å². The minimum atomic E-state index is -0.124. The van der Waals surface area contributed by atoms with Crippen molar-refractivity contribution >= 4 is 0 Å². The first-order chi connectivity index (χ1) is 9.24. The molecule has 1 aliphatic carbocycles. The molecule has 0 saturated heterocycles. The van der Waals surface area contributed by atoms with E-state index in [1.807, 2.05) is 0 Å². The molecule has 1 N–H and O–H groups in total. The molecule has 2 unspecified atom stereocenters. The third kappa shape index (κ3) is 3.82. The second-order valence-electron chi connectivity index (χ2n) is 5.93. The Morgan fingerprint density at radius 1 is 1.26 bits per heavy atom. The lowest BCUT2D eigenvalue weighted by molar-refractivity contribution is 0.0999. The van der Waals surface area contributed by atoms with Gasteiger partial charge in [0.1, 0.15) is 0 Å². The van der Waals surface area contributed by atoms with Gasteiger partial charge in [-0.2, -0.15) is 5.10 Å². The molecule has 2 rings (SSSR count). The molecule has 3 nitrogen and oxygen atoms in total. The van der Waals surface area contributed by atoms with Gasteiger partial charge in [0, 0.05) is 6.20 Å². The van der Waals surface area contributed by atoms with Crippen LogP contribution in [0.2, 0.25) is 0 Å². The zero-order valence-electron chi connectivity index (χ0n) is 12.4. The van der Waals surface area contributed by atoms with E-state index in [-0.39, 0.29) is 6.10 Å². The first-order valence-electron chi connectivity index (χ1n) is 7.96. The monoisotopic (exact) mass is 264 g/mol. The molecule has 1 aromatic rings. The van der Waals surface area contributed by atoms with Crippen molar-refractivity contribution in [2.75, 3.05) is 0 Å². The Hall–Kier alpha value is -0.830. The molecule has 1 fully saturated rings. The number of hydrogen-bond donors (Lipinski definition) is 1. The van der Waals surface area contributed by atoms with Gasteiger partial charge in [-0.05, 0) is 44.1 Å². The Kier molecular flexibility index (Phi) is 5.44. The second-order valence-corrected chi connectivity index (χ2v) is 5.93. The van der Waals surface area contributed by atoms with Gasteiger partial charge in [0.2, 0.25) is 0 Å². The molecule has 3 heteroatoms. The summed E-state index contributed by atoms with van der Waals surface area (Å²) < 4.78 is 2.11. The minimum Gasteiger partial charge on any atom is -0.393 e. The summed E-state index contributed by atoms with van der Waals surface area (Å²) >= 11 is 0. The molecule has 1 saturated carbocycles. The van der Waals surface area contributed by atoms with Crippen molar-refractivity contribution in [1.29, 1.82) is 0 Å². The number of nitrogens with zero attached hydrogens (tertiary/aromatic N) is 2. The molecule has 1 aromatic heterocycles. The van der Waals surface area contributed by atoms with Gasteiger partial charge in [-0.3, -0.25) is 4.68 Å². The van der Waals surface area contributed by atoms with E-state index >= 15 is 0 Å². The number of aliphatic hydroxyl groups is 1. The molecular weight excluding hydrogens is 236 g/mol. The number of hydrogen-bond acceptors (Lipinski definition) is 2. The van der Waals surface area contributed by atoms with Crippen LogP contribution in [0.15, 0.2) is 12.3 Å². The molecule has 0 spiro atoms. The van der Waals surface area contributed by atoms with Crippen molar-refractivity contribution in [1.82, 2.24) is 9.78 Å². The van der Waals surface area contributed by atoms with Crippen LogP contribution in [0.25, 0.3) is 0 Å². The normalized spacial score (nSPS) is 24.6. The van der Waals surface area contributed by atoms with E-state index < -0.39 is 0 Å². The molecule has 1 aliphatic rings. The van der Waals surface area contributed by atoms with Gasteiger partial charge in [-0.1, -0.05) is 33.1 Å². The van der Waals surface area contributed by atoms with Crippen molar-refractivity contribution in [2.24, 2.45) is 5.92 Å². The highest BCUT2D eigenvalue weighted by molar-refractivity contribution is 5.02. The third-order valence-electron chi connectivity index (χ3n) is 4.57. The fraction of sp³-hybridized carbons (Fsp3) is 0.812. The maximum Gasteiger partial charge on any atom is 0.0628 e. The predicted molar refractivity (Wildman–Crippen MR) is 78.1 cm³/mol. The number of aromatic nitrogens is 2. The van der Waals surface area contributed by atoms with Crippen molar-refractivity contribution in [3.63, 3.8) is 0 Å². The highest BCUT2D eigenvalue weighted by atomic mass is 16.3. The Morgan fingerprint density at radius 2 is 2.00 bits per heavy atom. The number of aliphatic hydroxyl groups excluding tert-OH is 1. The molecule has 1 heterocycles. The highest BCUT2D eigenvalue weighted by Gasteiger charge is 2.22. The van der Waals surface area contributed by atoms with Crippen LogP contribution in [0.3, 0.4) is 0 Å². The van der Waals surface area contributed by atoms with E-state index in [9.17, 15) is 5.11 Å². The van der Waals surface area contributed by atoms with Crippen LogP contribution in [-0.4, -0.2) is 21.0 Å². The van der Waals surface area contributed by atoms with Gasteiger partial charge in [0.05, 0.1) is 17.8 Å². The third-order valence-corrected chi connectivity index (χ3v) is 4.57. The SMILES string of the molecule is CCC(CC)n1ccc(CC2CCCCCC2O)n1. The summed E-state index contributed by atoms with van der Waals surface area (Å²) in [4.78, 5) is 0. The largest absolute Gasteiger partial charge is 0.393 e. The predicted octanol–water partition coefficient (Wildman–Crippen LogP) is 3.73. The van der Waals surface area contributed by atoms with Crippen molar-refractivity contribution < 1.29 is 5.11 Å². The zero-order valence-corrected chi connectivity index (χ0v) is 12.4. The lowest BCUT2D eigenvalue weighted by Gasteiger charge is -2.19. The topological polar surface area (TPSA) is 38.0 Å². The zero-order chi connectivity index (χ0) is 13.7. The lowest BCUT2D eigenvalue weighted by Crippen LogP contribution is -2.21. The Labute approximate surface area is 117 Å². The maximum atomic E-state index is 10.2. The minimum absolute atomic E-state index is 0.124. The molecule has 19 heavy (non-hydrogen) atoms. The summed E-state index contributed by atoms with van der Waals surface area (Å²) in [5, 5.41) is 14.9. The summed E-state index contributed by atoms with van der Waals surface area (Å²) in [6.45, 7) is 4.43.